The van der Waals surface area contributed by atoms with Crippen LogP contribution >= 0.6 is 0 Å². The van der Waals surface area contributed by atoms with E-state index in [1.807, 2.05) is 32.2 Å². The molecule has 0 saturated heterocycles. The van der Waals surface area contributed by atoms with E-state index in [1.54, 1.807) is 10.7 Å². The molecule has 0 aliphatic heterocycles. The van der Waals surface area contributed by atoms with Crippen molar-refractivity contribution in [3.63, 3.8) is 0 Å². The Balaban J connectivity index is 2.04. The molecule has 0 aliphatic rings. The number of phenols is 1. The van der Waals surface area contributed by atoms with E-state index in [4.69, 9.17) is 4.74 Å². The summed E-state index contributed by atoms with van der Waals surface area (Å²) in [5.41, 5.74) is 1.81. The van der Waals surface area contributed by atoms with Crippen molar-refractivity contribution in [1.29, 1.82) is 0 Å². The average Bonchev–Trinajstić information content (AvgIpc) is 2.88. The van der Waals surface area contributed by atoms with Gasteiger partial charge in [0.1, 0.15) is 0 Å². The molecule has 0 bridgehead atoms. The van der Waals surface area contributed by atoms with Gasteiger partial charge in [-0.3, -0.25) is 4.68 Å². The first-order chi connectivity index (χ1) is 9.24. The van der Waals surface area contributed by atoms with Crippen molar-refractivity contribution in [2.75, 3.05) is 6.61 Å². The van der Waals surface area contributed by atoms with Crippen molar-refractivity contribution in [2.45, 2.75) is 33.2 Å². The Kier molecular flexibility index (Phi) is 4.39. The van der Waals surface area contributed by atoms with Crippen LogP contribution in [0.25, 0.3) is 0 Å². The highest BCUT2D eigenvalue weighted by atomic mass is 16.5. The fourth-order valence-corrected chi connectivity index (χ4v) is 1.91. The zero-order valence-corrected chi connectivity index (χ0v) is 11.3. The minimum atomic E-state index is 0.229. The molecule has 1 N–H and O–H groups in total. The van der Waals surface area contributed by atoms with Crippen LogP contribution in [-0.2, 0) is 19.4 Å². The van der Waals surface area contributed by atoms with Gasteiger partial charge in [0.25, 0.3) is 0 Å². The van der Waals surface area contributed by atoms with E-state index < -0.39 is 0 Å². The minimum absolute atomic E-state index is 0.229. The number of aryl methyl sites for hydroxylation is 3. The summed E-state index contributed by atoms with van der Waals surface area (Å²) in [4.78, 5) is 0. The van der Waals surface area contributed by atoms with Crippen LogP contribution in [0.2, 0.25) is 0 Å². The zero-order valence-electron chi connectivity index (χ0n) is 11.3. The van der Waals surface area contributed by atoms with Crippen molar-refractivity contribution < 1.29 is 9.84 Å². The summed E-state index contributed by atoms with van der Waals surface area (Å²) in [5.74, 6) is 0.768. The van der Waals surface area contributed by atoms with Gasteiger partial charge in [0, 0.05) is 12.7 Å². The molecule has 0 aliphatic carbocycles. The third-order valence-electron chi connectivity index (χ3n) is 2.94. The molecule has 0 atom stereocenters. The van der Waals surface area contributed by atoms with Crippen LogP contribution in [0, 0.1) is 0 Å². The third kappa shape index (κ3) is 3.24. The van der Waals surface area contributed by atoms with E-state index in [2.05, 4.69) is 10.3 Å². The lowest BCUT2D eigenvalue weighted by Crippen LogP contribution is -1.96. The number of hydrogen-bond donors (Lipinski definition) is 1. The van der Waals surface area contributed by atoms with E-state index in [-0.39, 0.29) is 5.75 Å². The van der Waals surface area contributed by atoms with Crippen molar-refractivity contribution in [2.24, 2.45) is 0 Å². The standard InChI is InChI=1S/C14H19N3O2/c1-3-17-10-12(15-16-17)9-8-11-6-5-7-13(14(11)18)19-4-2/h5-7,10,18H,3-4,8-9H2,1-2H3. The smallest absolute Gasteiger partial charge is 0.161 e. The first-order valence-corrected chi connectivity index (χ1v) is 6.57. The van der Waals surface area contributed by atoms with Gasteiger partial charge in [-0.05, 0) is 38.3 Å². The second-order valence-electron chi connectivity index (χ2n) is 4.26. The predicted octanol–water partition coefficient (Wildman–Crippen LogP) is 2.19. The molecule has 2 rings (SSSR count). The zero-order chi connectivity index (χ0) is 13.7. The molecule has 5 heteroatoms. The van der Waals surface area contributed by atoms with Crippen LogP contribution in [-0.4, -0.2) is 26.7 Å². The number of nitrogens with zero attached hydrogens (tertiary/aromatic N) is 3. The Morgan fingerprint density at radius 3 is 2.79 bits per heavy atom. The Hall–Kier alpha value is -2.04. The number of para-hydroxylation sites is 1. The van der Waals surface area contributed by atoms with Gasteiger partial charge < -0.3 is 9.84 Å². The summed E-state index contributed by atoms with van der Waals surface area (Å²) in [5, 5.41) is 18.2. The summed E-state index contributed by atoms with van der Waals surface area (Å²) in [6, 6.07) is 5.57. The molecular formula is C14H19N3O2. The van der Waals surface area contributed by atoms with E-state index >= 15 is 0 Å². The van der Waals surface area contributed by atoms with Gasteiger partial charge in [-0.2, -0.15) is 0 Å². The molecule has 1 aromatic carbocycles. The molecule has 0 radical (unpaired) electrons. The molecular weight excluding hydrogens is 242 g/mol. The van der Waals surface area contributed by atoms with Gasteiger partial charge in [0.2, 0.25) is 0 Å². The van der Waals surface area contributed by atoms with Crippen LogP contribution in [0.3, 0.4) is 0 Å². The molecule has 0 unspecified atom stereocenters. The monoisotopic (exact) mass is 261 g/mol. The van der Waals surface area contributed by atoms with Crippen molar-refractivity contribution >= 4 is 0 Å². The maximum absolute atomic E-state index is 10.1. The van der Waals surface area contributed by atoms with E-state index in [1.165, 1.54) is 0 Å². The molecule has 0 spiro atoms. The Bertz CT molecular complexity index is 537. The highest BCUT2D eigenvalue weighted by Crippen LogP contribution is 2.30. The highest BCUT2D eigenvalue weighted by molar-refractivity contribution is 5.45. The topological polar surface area (TPSA) is 60.2 Å². The summed E-state index contributed by atoms with van der Waals surface area (Å²) in [6.45, 7) is 5.28. The largest absolute Gasteiger partial charge is 0.504 e. The van der Waals surface area contributed by atoms with Crippen LogP contribution in [0.1, 0.15) is 25.1 Å². The second-order valence-corrected chi connectivity index (χ2v) is 4.26. The molecule has 1 aromatic heterocycles. The molecule has 0 saturated carbocycles. The Morgan fingerprint density at radius 2 is 2.11 bits per heavy atom. The summed E-state index contributed by atoms with van der Waals surface area (Å²) in [6.07, 6.45) is 3.40. The van der Waals surface area contributed by atoms with Gasteiger partial charge >= 0.3 is 0 Å². The molecule has 2 aromatic rings. The lowest BCUT2D eigenvalue weighted by atomic mass is 10.1. The maximum Gasteiger partial charge on any atom is 0.161 e. The maximum atomic E-state index is 10.1. The van der Waals surface area contributed by atoms with Crippen LogP contribution in [0.15, 0.2) is 24.4 Å². The Labute approximate surface area is 112 Å². The number of aromatic hydroxyl groups is 1. The quantitative estimate of drug-likeness (QED) is 0.866. The molecule has 1 heterocycles. The van der Waals surface area contributed by atoms with Crippen LogP contribution in [0.5, 0.6) is 11.5 Å². The second kappa shape index (κ2) is 6.22. The number of hydrogen-bond acceptors (Lipinski definition) is 4. The van der Waals surface area contributed by atoms with Crippen molar-refractivity contribution in [3.05, 3.63) is 35.7 Å². The van der Waals surface area contributed by atoms with Crippen molar-refractivity contribution in [3.8, 4) is 11.5 Å². The highest BCUT2D eigenvalue weighted by Gasteiger charge is 2.09. The lowest BCUT2D eigenvalue weighted by molar-refractivity contribution is 0.316. The van der Waals surface area contributed by atoms with Crippen molar-refractivity contribution in [1.82, 2.24) is 15.0 Å². The fourth-order valence-electron chi connectivity index (χ4n) is 1.91. The van der Waals surface area contributed by atoms with Crippen LogP contribution < -0.4 is 4.74 Å². The van der Waals surface area contributed by atoms with Gasteiger partial charge in [-0.1, -0.05) is 17.3 Å². The Morgan fingerprint density at radius 1 is 1.26 bits per heavy atom. The third-order valence-corrected chi connectivity index (χ3v) is 2.94. The minimum Gasteiger partial charge on any atom is -0.504 e. The van der Waals surface area contributed by atoms with Crippen LogP contribution in [0.4, 0.5) is 0 Å². The first kappa shape index (κ1) is 13.4. The number of benzene rings is 1. The van der Waals surface area contributed by atoms with Gasteiger partial charge in [-0.15, -0.1) is 5.10 Å². The molecule has 19 heavy (non-hydrogen) atoms. The average molecular weight is 261 g/mol. The number of rotatable bonds is 6. The summed E-state index contributed by atoms with van der Waals surface area (Å²) < 4.78 is 7.17. The SMILES string of the molecule is CCOc1cccc(CCc2cn(CC)nn2)c1O. The summed E-state index contributed by atoms with van der Waals surface area (Å²) >= 11 is 0. The van der Waals surface area contributed by atoms with E-state index in [0.717, 1.165) is 30.6 Å². The van der Waals surface area contributed by atoms with E-state index in [0.29, 0.717) is 12.4 Å². The fraction of sp³-hybridized carbons (Fsp3) is 0.429. The number of phenolic OH excluding ortho intramolecular Hbond substituents is 1. The molecule has 0 fully saturated rings. The molecule has 0 amide bonds. The number of ether oxygens (including phenoxy) is 1. The summed E-state index contributed by atoms with van der Waals surface area (Å²) in [7, 11) is 0. The number of aromatic nitrogens is 3. The lowest BCUT2D eigenvalue weighted by Gasteiger charge is -2.09. The normalized spacial score (nSPS) is 10.6. The predicted molar refractivity (Wildman–Crippen MR) is 72.4 cm³/mol. The van der Waals surface area contributed by atoms with Gasteiger partial charge in [0.05, 0.1) is 12.3 Å². The van der Waals surface area contributed by atoms with Gasteiger partial charge in [-0.25, -0.2) is 0 Å². The molecule has 102 valence electrons. The first-order valence-electron chi connectivity index (χ1n) is 6.57. The van der Waals surface area contributed by atoms with E-state index in [9.17, 15) is 5.11 Å². The molecule has 5 nitrogen and oxygen atoms in total. The van der Waals surface area contributed by atoms with Gasteiger partial charge in [0.15, 0.2) is 11.5 Å².